The highest BCUT2D eigenvalue weighted by Gasteiger charge is 2.51. The van der Waals surface area contributed by atoms with Gasteiger partial charge in [0.1, 0.15) is 11.6 Å². The van der Waals surface area contributed by atoms with Crippen molar-refractivity contribution < 1.29 is 18.3 Å². The fourth-order valence-corrected chi connectivity index (χ4v) is 5.87. The molecule has 182 valence electrons. The van der Waals surface area contributed by atoms with Gasteiger partial charge in [-0.05, 0) is 50.8 Å². The predicted molar refractivity (Wildman–Crippen MR) is 125 cm³/mol. The van der Waals surface area contributed by atoms with Crippen molar-refractivity contribution in [3.05, 3.63) is 41.9 Å². The Bertz CT molecular complexity index is 1070. The molecule has 7 nitrogen and oxygen atoms in total. The zero-order valence-electron chi connectivity index (χ0n) is 19.8. The minimum absolute atomic E-state index is 0.197. The Labute approximate surface area is 198 Å². The zero-order valence-corrected chi connectivity index (χ0v) is 19.8. The van der Waals surface area contributed by atoms with Crippen LogP contribution in [0.5, 0.6) is 0 Å². The molecule has 1 aliphatic carbocycles. The largest absolute Gasteiger partial charge is 0.450 e. The fourth-order valence-electron chi connectivity index (χ4n) is 5.87. The van der Waals surface area contributed by atoms with Crippen molar-refractivity contribution in [3.8, 4) is 11.1 Å². The van der Waals surface area contributed by atoms with Crippen LogP contribution < -0.4 is 4.90 Å². The lowest BCUT2D eigenvalue weighted by Gasteiger charge is -2.48. The Morgan fingerprint density at radius 3 is 2.68 bits per heavy atom. The first-order chi connectivity index (χ1) is 16.4. The summed E-state index contributed by atoms with van der Waals surface area (Å²) < 4.78 is 33.3. The first-order valence-corrected chi connectivity index (χ1v) is 12.1. The first-order valence-electron chi connectivity index (χ1n) is 12.1. The van der Waals surface area contributed by atoms with Crippen LogP contribution >= 0.6 is 0 Å². The van der Waals surface area contributed by atoms with Gasteiger partial charge in [0, 0.05) is 68.0 Å². The van der Waals surface area contributed by atoms with E-state index in [2.05, 4.69) is 19.8 Å². The van der Waals surface area contributed by atoms with Crippen LogP contribution in [-0.2, 0) is 4.74 Å². The highest BCUT2D eigenvalue weighted by molar-refractivity contribution is 5.78. The summed E-state index contributed by atoms with van der Waals surface area (Å²) in [4.78, 5) is 26.6. The minimum Gasteiger partial charge on any atom is -0.450 e. The fraction of sp³-hybridized carbons (Fsp3) is 0.560. The lowest BCUT2D eigenvalue weighted by Crippen LogP contribution is -2.58. The molecular weight excluding hydrogens is 440 g/mol. The van der Waals surface area contributed by atoms with Gasteiger partial charge in [0.25, 0.3) is 0 Å². The van der Waals surface area contributed by atoms with Crippen molar-refractivity contribution in [2.45, 2.75) is 39.2 Å². The van der Waals surface area contributed by atoms with Crippen LogP contribution in [0.1, 0.15) is 31.7 Å². The van der Waals surface area contributed by atoms with E-state index >= 15 is 0 Å². The number of aromatic nitrogens is 2. The van der Waals surface area contributed by atoms with Crippen molar-refractivity contribution in [1.82, 2.24) is 19.8 Å². The van der Waals surface area contributed by atoms with Crippen molar-refractivity contribution in [2.75, 3.05) is 50.8 Å². The van der Waals surface area contributed by atoms with E-state index in [0.29, 0.717) is 35.2 Å². The van der Waals surface area contributed by atoms with E-state index in [4.69, 9.17) is 4.74 Å². The van der Waals surface area contributed by atoms with E-state index in [-0.39, 0.29) is 11.5 Å². The molecule has 1 spiro atoms. The smallest absolute Gasteiger partial charge is 0.409 e. The number of ether oxygens (including phenoxy) is 1. The molecule has 1 atom stereocenters. The number of likely N-dealkylation sites (tertiary alicyclic amines) is 1. The molecule has 4 heterocycles. The molecule has 0 radical (unpaired) electrons. The lowest BCUT2D eigenvalue weighted by atomic mass is 9.78. The number of nitrogens with zero attached hydrogens (tertiary/aromatic N) is 5. The molecule has 2 aliphatic heterocycles. The van der Waals surface area contributed by atoms with Gasteiger partial charge < -0.3 is 14.5 Å². The van der Waals surface area contributed by atoms with Crippen LogP contribution in [0.4, 0.5) is 19.4 Å². The maximum Gasteiger partial charge on any atom is 0.409 e. The summed E-state index contributed by atoms with van der Waals surface area (Å²) in [6, 6.07) is 3.66. The maximum atomic E-state index is 14.1. The van der Waals surface area contributed by atoms with Crippen LogP contribution in [0.15, 0.2) is 24.5 Å². The van der Waals surface area contributed by atoms with Crippen LogP contribution in [0.2, 0.25) is 0 Å². The van der Waals surface area contributed by atoms with Crippen LogP contribution in [-0.4, -0.2) is 77.8 Å². The van der Waals surface area contributed by atoms with E-state index in [1.54, 1.807) is 13.0 Å². The Balaban J connectivity index is 1.23. The second kappa shape index (κ2) is 9.09. The third-order valence-corrected chi connectivity index (χ3v) is 7.65. The first kappa shape index (κ1) is 23.0. The van der Waals surface area contributed by atoms with Crippen LogP contribution in [0.3, 0.4) is 0 Å². The number of anilines is 1. The third-order valence-electron chi connectivity index (χ3n) is 7.65. The second-order valence-corrected chi connectivity index (χ2v) is 9.77. The maximum absolute atomic E-state index is 14.1. The molecule has 2 saturated heterocycles. The summed E-state index contributed by atoms with van der Waals surface area (Å²) in [6.07, 6.45) is 5.83. The number of rotatable bonds is 4. The molecule has 0 aromatic carbocycles. The molecule has 34 heavy (non-hydrogen) atoms. The summed E-state index contributed by atoms with van der Waals surface area (Å²) in [5, 5.41) is 0. The summed E-state index contributed by atoms with van der Waals surface area (Å²) in [6.45, 7) is 8.83. The monoisotopic (exact) mass is 471 g/mol. The number of carbonyl (C=O) groups is 1. The predicted octanol–water partition coefficient (Wildman–Crippen LogP) is 3.86. The third kappa shape index (κ3) is 4.21. The number of carbonyl (C=O) groups excluding carboxylic acids is 1. The van der Waals surface area contributed by atoms with Gasteiger partial charge in [0.2, 0.25) is 5.95 Å². The summed E-state index contributed by atoms with van der Waals surface area (Å²) >= 11 is 0. The number of pyridine rings is 2. The lowest BCUT2D eigenvalue weighted by molar-refractivity contribution is -0.00294. The van der Waals surface area contributed by atoms with Gasteiger partial charge in [0.15, 0.2) is 0 Å². The molecule has 0 N–H and O–H groups in total. The molecule has 2 aromatic rings. The quantitative estimate of drug-likeness (QED) is 0.631. The number of halogens is 2. The molecule has 0 bridgehead atoms. The summed E-state index contributed by atoms with van der Waals surface area (Å²) in [5.41, 5.74) is 1.85. The second-order valence-electron chi connectivity index (χ2n) is 9.77. The number of hydrogen-bond acceptors (Lipinski definition) is 6. The molecule has 0 unspecified atom stereocenters. The van der Waals surface area contributed by atoms with Crippen molar-refractivity contribution in [3.63, 3.8) is 0 Å². The van der Waals surface area contributed by atoms with Crippen molar-refractivity contribution in [1.29, 1.82) is 0 Å². The summed E-state index contributed by atoms with van der Waals surface area (Å²) in [7, 11) is 0. The van der Waals surface area contributed by atoms with Crippen molar-refractivity contribution in [2.24, 2.45) is 5.41 Å². The molecular formula is C25H31F2N5O2. The van der Waals surface area contributed by atoms with Gasteiger partial charge in [-0.2, -0.15) is 4.39 Å². The van der Waals surface area contributed by atoms with Gasteiger partial charge in [-0.25, -0.2) is 19.2 Å². The minimum atomic E-state index is -0.551. The topological polar surface area (TPSA) is 61.8 Å². The molecule has 3 fully saturated rings. The Hall–Kier alpha value is -2.81. The van der Waals surface area contributed by atoms with Crippen LogP contribution in [0, 0.1) is 24.1 Å². The molecule has 9 heteroatoms. The number of piperazine rings is 1. The number of amides is 1. The molecule has 5 rings (SSSR count). The molecule has 2 aromatic heterocycles. The Kier molecular flexibility index (Phi) is 6.14. The van der Waals surface area contributed by atoms with E-state index in [9.17, 15) is 13.6 Å². The highest BCUT2D eigenvalue weighted by Crippen LogP contribution is 2.47. The van der Waals surface area contributed by atoms with Gasteiger partial charge in [-0.1, -0.05) is 0 Å². The Morgan fingerprint density at radius 2 is 1.94 bits per heavy atom. The van der Waals surface area contributed by atoms with E-state index in [0.717, 1.165) is 58.5 Å². The van der Waals surface area contributed by atoms with Gasteiger partial charge in [-0.3, -0.25) is 4.90 Å². The molecule has 1 saturated carbocycles. The van der Waals surface area contributed by atoms with Crippen molar-refractivity contribution >= 4 is 11.9 Å². The zero-order chi connectivity index (χ0) is 23.9. The SMILES string of the molecule is CCOC(=O)N1CC2(CC[C@@H](N3CCN(c4ncc(F)cc4-c4ccnc(F)c4C)CC3)C2)C1. The molecule has 1 amide bonds. The van der Waals surface area contributed by atoms with E-state index in [1.807, 2.05) is 11.8 Å². The number of hydrogen-bond donors (Lipinski definition) is 0. The average molecular weight is 472 g/mol. The Morgan fingerprint density at radius 1 is 1.18 bits per heavy atom. The standard InChI is InChI=1S/C25H31F2N5O2/c1-3-34-24(33)32-15-25(16-32)6-4-19(13-25)30-8-10-31(11-9-30)23-21(12-18(26)14-29-23)20-5-7-28-22(27)17(20)2/h5,7,12,14,19H,3-4,6,8-11,13,15-16H2,1-2H3/t19-/m1/s1. The highest BCUT2D eigenvalue weighted by atomic mass is 19.1. The molecule has 3 aliphatic rings. The van der Waals surface area contributed by atoms with E-state index in [1.165, 1.54) is 18.5 Å². The van der Waals surface area contributed by atoms with Gasteiger partial charge >= 0.3 is 6.09 Å². The van der Waals surface area contributed by atoms with Gasteiger partial charge in [0.05, 0.1) is 12.8 Å². The van der Waals surface area contributed by atoms with Gasteiger partial charge in [-0.15, -0.1) is 0 Å². The van der Waals surface area contributed by atoms with Crippen LogP contribution in [0.25, 0.3) is 11.1 Å². The average Bonchev–Trinajstić information content (AvgIpc) is 3.26. The van der Waals surface area contributed by atoms with E-state index < -0.39 is 11.8 Å². The summed E-state index contributed by atoms with van der Waals surface area (Å²) in [5.74, 6) is -0.311. The normalized spacial score (nSPS) is 22.2.